The van der Waals surface area contributed by atoms with Gasteiger partial charge in [-0.05, 0) is 85.2 Å². The Morgan fingerprint density at radius 2 is 1.89 bits per heavy atom. The van der Waals surface area contributed by atoms with Gasteiger partial charge in [0.25, 0.3) is 0 Å². The summed E-state index contributed by atoms with van der Waals surface area (Å²) in [7, 11) is 0. The molecule has 18 heavy (non-hydrogen) atoms. The van der Waals surface area contributed by atoms with Crippen LogP contribution in [0.5, 0.6) is 0 Å². The molecule has 1 aliphatic heterocycles. The number of likely N-dealkylation sites (tertiary alicyclic amines) is 1. The molecule has 0 spiro atoms. The van der Waals surface area contributed by atoms with Gasteiger partial charge in [0.1, 0.15) is 0 Å². The van der Waals surface area contributed by atoms with Gasteiger partial charge in [0.2, 0.25) is 0 Å². The molecule has 0 atom stereocenters. The molecule has 2 nitrogen and oxygen atoms in total. The van der Waals surface area contributed by atoms with Gasteiger partial charge in [0, 0.05) is 10.1 Å². The lowest BCUT2D eigenvalue weighted by atomic mass is 9.97. The van der Waals surface area contributed by atoms with Crippen molar-refractivity contribution >= 4 is 22.6 Å². The van der Waals surface area contributed by atoms with Gasteiger partial charge in [-0.3, -0.25) is 0 Å². The van der Waals surface area contributed by atoms with Gasteiger partial charge in [-0.15, -0.1) is 0 Å². The Labute approximate surface area is 124 Å². The van der Waals surface area contributed by atoms with Crippen molar-refractivity contribution in [1.29, 1.82) is 0 Å². The molecule has 100 valence electrons. The topological polar surface area (TPSA) is 15.3 Å². The summed E-state index contributed by atoms with van der Waals surface area (Å²) in [6.07, 6.45) is 2.71. The number of benzene rings is 1. The predicted molar refractivity (Wildman–Crippen MR) is 85.7 cm³/mol. The Morgan fingerprint density at radius 3 is 2.50 bits per heavy atom. The van der Waals surface area contributed by atoms with Gasteiger partial charge in [-0.1, -0.05) is 19.1 Å². The molecule has 1 heterocycles. The summed E-state index contributed by atoms with van der Waals surface area (Å²) < 4.78 is 1.31. The second kappa shape index (κ2) is 7.46. The van der Waals surface area contributed by atoms with Crippen molar-refractivity contribution in [1.82, 2.24) is 10.2 Å². The lowest BCUT2D eigenvalue weighted by Crippen LogP contribution is -2.36. The van der Waals surface area contributed by atoms with E-state index >= 15 is 0 Å². The highest BCUT2D eigenvalue weighted by atomic mass is 127. The van der Waals surface area contributed by atoms with Crippen LogP contribution in [-0.4, -0.2) is 31.1 Å². The quantitative estimate of drug-likeness (QED) is 0.814. The van der Waals surface area contributed by atoms with Crippen LogP contribution in [0.3, 0.4) is 0 Å². The number of hydrogen-bond donors (Lipinski definition) is 1. The fourth-order valence-electron chi connectivity index (χ4n) is 2.53. The van der Waals surface area contributed by atoms with Crippen LogP contribution in [0.4, 0.5) is 0 Å². The highest BCUT2D eigenvalue weighted by Crippen LogP contribution is 2.16. The number of nitrogens with one attached hydrogen (secondary N) is 1. The van der Waals surface area contributed by atoms with Crippen LogP contribution in [0, 0.1) is 9.49 Å². The van der Waals surface area contributed by atoms with E-state index in [-0.39, 0.29) is 0 Å². The Bertz CT molecular complexity index is 342. The normalized spacial score (nSPS) is 18.1. The Hall–Kier alpha value is -0.130. The van der Waals surface area contributed by atoms with Crippen LogP contribution < -0.4 is 5.32 Å². The largest absolute Gasteiger partial charge is 0.312 e. The number of halogens is 1. The predicted octanol–water partition coefficient (Wildman–Crippen LogP) is 3.11. The van der Waals surface area contributed by atoms with E-state index in [0.717, 1.165) is 12.5 Å². The molecule has 2 rings (SSSR count). The molecule has 1 saturated heterocycles. The SMILES string of the molecule is CCN1CCC(CNCc2ccc(I)cc2)CC1. The van der Waals surface area contributed by atoms with E-state index in [2.05, 4.69) is 64.0 Å². The molecular formula is C15H23IN2. The highest BCUT2D eigenvalue weighted by molar-refractivity contribution is 14.1. The number of hydrogen-bond acceptors (Lipinski definition) is 2. The molecule has 0 bridgehead atoms. The molecule has 0 saturated carbocycles. The summed E-state index contributed by atoms with van der Waals surface area (Å²) in [6, 6.07) is 8.79. The van der Waals surface area contributed by atoms with Crippen LogP contribution in [-0.2, 0) is 6.54 Å². The maximum Gasteiger partial charge on any atom is 0.0205 e. The minimum atomic E-state index is 0.872. The van der Waals surface area contributed by atoms with Gasteiger partial charge >= 0.3 is 0 Å². The van der Waals surface area contributed by atoms with Crippen LogP contribution in [0.25, 0.3) is 0 Å². The lowest BCUT2D eigenvalue weighted by Gasteiger charge is -2.31. The fraction of sp³-hybridized carbons (Fsp3) is 0.600. The summed E-state index contributed by atoms with van der Waals surface area (Å²) in [5.41, 5.74) is 1.39. The standard InChI is InChI=1S/C15H23IN2/c1-2-18-9-7-14(8-10-18)12-17-11-13-3-5-15(16)6-4-13/h3-6,14,17H,2,7-12H2,1H3. The molecule has 0 unspecified atom stereocenters. The molecule has 3 heteroatoms. The third kappa shape index (κ3) is 4.52. The third-order valence-corrected chi connectivity index (χ3v) is 4.55. The second-order valence-electron chi connectivity index (χ2n) is 5.14. The third-order valence-electron chi connectivity index (χ3n) is 3.83. The summed E-state index contributed by atoms with van der Waals surface area (Å²) in [6.45, 7) is 8.21. The average molecular weight is 358 g/mol. The molecule has 0 radical (unpaired) electrons. The highest BCUT2D eigenvalue weighted by Gasteiger charge is 2.17. The van der Waals surface area contributed by atoms with Gasteiger partial charge < -0.3 is 10.2 Å². The molecule has 1 fully saturated rings. The van der Waals surface area contributed by atoms with Crippen molar-refractivity contribution in [3.05, 3.63) is 33.4 Å². The van der Waals surface area contributed by atoms with Gasteiger partial charge in [0.05, 0.1) is 0 Å². The van der Waals surface area contributed by atoms with Crippen molar-refractivity contribution in [2.24, 2.45) is 5.92 Å². The van der Waals surface area contributed by atoms with E-state index in [1.54, 1.807) is 0 Å². The minimum absolute atomic E-state index is 0.872. The Kier molecular flexibility index (Phi) is 5.92. The van der Waals surface area contributed by atoms with Crippen LogP contribution >= 0.6 is 22.6 Å². The zero-order chi connectivity index (χ0) is 12.8. The van der Waals surface area contributed by atoms with E-state index in [9.17, 15) is 0 Å². The van der Waals surface area contributed by atoms with Crippen molar-refractivity contribution in [3.63, 3.8) is 0 Å². The van der Waals surface area contributed by atoms with E-state index < -0.39 is 0 Å². The summed E-state index contributed by atoms with van der Waals surface area (Å²) >= 11 is 2.35. The first-order valence-corrected chi connectivity index (χ1v) is 8.03. The molecular weight excluding hydrogens is 335 g/mol. The smallest absolute Gasteiger partial charge is 0.0205 e. The van der Waals surface area contributed by atoms with Gasteiger partial charge in [-0.2, -0.15) is 0 Å². The second-order valence-corrected chi connectivity index (χ2v) is 6.38. The first kappa shape index (κ1) is 14.3. The van der Waals surface area contributed by atoms with E-state index in [0.29, 0.717) is 0 Å². The van der Waals surface area contributed by atoms with E-state index in [1.807, 2.05) is 0 Å². The minimum Gasteiger partial charge on any atom is -0.312 e. The van der Waals surface area contributed by atoms with E-state index in [4.69, 9.17) is 0 Å². The molecule has 1 aliphatic rings. The Morgan fingerprint density at radius 1 is 1.22 bits per heavy atom. The maximum absolute atomic E-state index is 3.60. The van der Waals surface area contributed by atoms with Crippen molar-refractivity contribution in [2.75, 3.05) is 26.2 Å². The monoisotopic (exact) mass is 358 g/mol. The molecule has 1 aromatic rings. The number of piperidine rings is 1. The summed E-state index contributed by atoms with van der Waals surface area (Å²) in [4.78, 5) is 2.55. The van der Waals surface area contributed by atoms with Gasteiger partial charge in [0.15, 0.2) is 0 Å². The molecule has 0 amide bonds. The van der Waals surface area contributed by atoms with Gasteiger partial charge in [-0.25, -0.2) is 0 Å². The van der Waals surface area contributed by atoms with Crippen LogP contribution in [0.2, 0.25) is 0 Å². The first-order chi connectivity index (χ1) is 8.78. The molecule has 0 aliphatic carbocycles. The molecule has 0 aromatic heterocycles. The van der Waals surface area contributed by atoms with E-state index in [1.165, 1.54) is 48.2 Å². The van der Waals surface area contributed by atoms with Crippen molar-refractivity contribution < 1.29 is 0 Å². The fourth-order valence-corrected chi connectivity index (χ4v) is 2.89. The average Bonchev–Trinajstić information content (AvgIpc) is 2.42. The van der Waals surface area contributed by atoms with Crippen LogP contribution in [0.1, 0.15) is 25.3 Å². The number of rotatable bonds is 5. The maximum atomic E-state index is 3.60. The summed E-state index contributed by atoms with van der Waals surface area (Å²) in [5, 5.41) is 3.60. The molecule has 1 aromatic carbocycles. The molecule has 1 N–H and O–H groups in total. The lowest BCUT2D eigenvalue weighted by molar-refractivity contribution is 0.190. The zero-order valence-electron chi connectivity index (χ0n) is 11.2. The summed E-state index contributed by atoms with van der Waals surface area (Å²) in [5.74, 6) is 0.872. The van der Waals surface area contributed by atoms with Crippen molar-refractivity contribution in [2.45, 2.75) is 26.3 Å². The Balaban J connectivity index is 1.65. The van der Waals surface area contributed by atoms with Crippen molar-refractivity contribution in [3.8, 4) is 0 Å². The number of nitrogens with zero attached hydrogens (tertiary/aromatic N) is 1. The first-order valence-electron chi connectivity index (χ1n) is 6.95. The van der Waals surface area contributed by atoms with Crippen LogP contribution in [0.15, 0.2) is 24.3 Å². The zero-order valence-corrected chi connectivity index (χ0v) is 13.3.